The van der Waals surface area contributed by atoms with Crippen LogP contribution in [0.4, 0.5) is 5.95 Å². The third-order valence-corrected chi connectivity index (χ3v) is 3.54. The Morgan fingerprint density at radius 3 is 2.78 bits per heavy atom. The van der Waals surface area contributed by atoms with Gasteiger partial charge in [0.2, 0.25) is 5.95 Å². The average molecular weight is 341 g/mol. The van der Waals surface area contributed by atoms with Gasteiger partial charge in [-0.15, -0.1) is 0 Å². The first kappa shape index (κ1) is 18.5. The zero-order valence-electron chi connectivity index (χ0n) is 13.2. The summed E-state index contributed by atoms with van der Waals surface area (Å²) in [5, 5.41) is 14.1. The zero-order chi connectivity index (χ0) is 15.5. The molecule has 1 fully saturated rings. The summed E-state index contributed by atoms with van der Waals surface area (Å²) in [4.78, 5) is 23.3. The fourth-order valence-electron chi connectivity index (χ4n) is 2.33. The number of hydrogen-bond acceptors (Lipinski definition) is 7. The van der Waals surface area contributed by atoms with Crippen molar-refractivity contribution in [2.75, 3.05) is 18.5 Å². The Labute approximate surface area is 176 Å². The van der Waals surface area contributed by atoms with Crippen LogP contribution in [0, 0.1) is 6.92 Å². The van der Waals surface area contributed by atoms with E-state index in [2.05, 4.69) is 20.3 Å². The first-order chi connectivity index (χ1) is 10.6. The van der Waals surface area contributed by atoms with E-state index in [0.29, 0.717) is 11.8 Å². The first-order valence-electron chi connectivity index (χ1n) is 7.07. The number of imidazole rings is 1. The van der Waals surface area contributed by atoms with E-state index < -0.39 is 5.97 Å². The SMILES string of the molecule is Cc1cnc(NC2CCOCC2)nc1-n1cnc(C(=O)[O-])c1.[K+]. The van der Waals surface area contributed by atoms with E-state index in [9.17, 15) is 9.90 Å². The van der Waals surface area contributed by atoms with Gasteiger partial charge in [0.1, 0.15) is 17.8 Å². The molecule has 9 heteroatoms. The van der Waals surface area contributed by atoms with Crippen LogP contribution in [0.5, 0.6) is 0 Å². The predicted octanol–water partition coefficient (Wildman–Crippen LogP) is -3.07. The van der Waals surface area contributed by atoms with Gasteiger partial charge in [-0.3, -0.25) is 4.57 Å². The van der Waals surface area contributed by atoms with Crippen LogP contribution in [0.3, 0.4) is 0 Å². The normalized spacial score (nSPS) is 15.0. The molecule has 2 aromatic heterocycles. The molecule has 0 aromatic carbocycles. The third kappa shape index (κ3) is 4.58. The van der Waals surface area contributed by atoms with Gasteiger partial charge in [-0.2, -0.15) is 4.98 Å². The van der Waals surface area contributed by atoms with E-state index in [1.165, 1.54) is 12.5 Å². The maximum atomic E-state index is 10.8. The van der Waals surface area contributed by atoms with Crippen LogP contribution in [0.2, 0.25) is 0 Å². The van der Waals surface area contributed by atoms with Crippen LogP contribution in [0.15, 0.2) is 18.7 Å². The summed E-state index contributed by atoms with van der Waals surface area (Å²) in [5.74, 6) is -0.216. The molecular formula is C14H16KN5O3. The molecule has 1 N–H and O–H groups in total. The van der Waals surface area contributed by atoms with Gasteiger partial charge < -0.3 is 20.0 Å². The number of rotatable bonds is 4. The standard InChI is InChI=1S/C14H17N5O3.K/c1-9-6-15-14(17-10-2-4-22-5-3-10)18-12(9)19-7-11(13(20)21)16-8-19;/h6-8,10H,2-5H2,1H3,(H,20,21)(H,15,17,18);/q;+1/p-1. The van der Waals surface area contributed by atoms with Gasteiger partial charge in [-0.1, -0.05) is 0 Å². The molecule has 0 unspecified atom stereocenters. The quantitative estimate of drug-likeness (QED) is 0.588. The Kier molecular flexibility index (Phi) is 6.68. The first-order valence-corrected chi connectivity index (χ1v) is 7.07. The number of nitrogens with zero attached hydrogens (tertiary/aromatic N) is 4. The number of aryl methyl sites for hydroxylation is 1. The van der Waals surface area contributed by atoms with E-state index >= 15 is 0 Å². The Morgan fingerprint density at radius 2 is 2.13 bits per heavy atom. The molecule has 0 aliphatic carbocycles. The molecule has 0 spiro atoms. The molecule has 0 bridgehead atoms. The van der Waals surface area contributed by atoms with Crippen LogP contribution >= 0.6 is 0 Å². The van der Waals surface area contributed by atoms with Crippen LogP contribution in [0.25, 0.3) is 5.82 Å². The summed E-state index contributed by atoms with van der Waals surface area (Å²) in [6, 6.07) is 0.283. The summed E-state index contributed by atoms with van der Waals surface area (Å²) in [5.41, 5.74) is 0.691. The van der Waals surface area contributed by atoms with Gasteiger partial charge in [0.15, 0.2) is 0 Å². The molecule has 0 amide bonds. The molecule has 3 rings (SSSR count). The van der Waals surface area contributed by atoms with Crippen molar-refractivity contribution < 1.29 is 66.0 Å². The fraction of sp³-hybridized carbons (Fsp3) is 0.429. The third-order valence-electron chi connectivity index (χ3n) is 3.54. The number of nitrogens with one attached hydrogen (secondary N) is 1. The van der Waals surface area contributed by atoms with E-state index in [4.69, 9.17) is 4.74 Å². The number of ether oxygens (including phenoxy) is 1. The summed E-state index contributed by atoms with van der Waals surface area (Å²) in [6.07, 6.45) is 6.29. The number of carboxylic acid groups (broad SMARTS) is 1. The molecule has 23 heavy (non-hydrogen) atoms. The average Bonchev–Trinajstić information content (AvgIpc) is 3.00. The number of carbonyl (C=O) groups is 1. The molecule has 3 heterocycles. The fourth-order valence-corrected chi connectivity index (χ4v) is 2.33. The van der Waals surface area contributed by atoms with Crippen molar-refractivity contribution in [3.8, 4) is 5.82 Å². The molecule has 0 radical (unpaired) electrons. The van der Waals surface area contributed by atoms with Crippen LogP contribution in [0.1, 0.15) is 28.9 Å². The molecule has 1 aliphatic rings. The Bertz CT molecular complexity index is 685. The minimum absolute atomic E-state index is 0. The van der Waals surface area contributed by atoms with Gasteiger partial charge in [0.25, 0.3) is 0 Å². The molecule has 116 valence electrons. The summed E-state index contributed by atoms with van der Waals surface area (Å²) in [6.45, 7) is 3.31. The minimum Gasteiger partial charge on any atom is -0.543 e. The molecular weight excluding hydrogens is 325 g/mol. The molecule has 1 saturated heterocycles. The molecule has 0 atom stereocenters. The number of aromatic carboxylic acids is 1. The van der Waals surface area contributed by atoms with Gasteiger partial charge in [0.05, 0.1) is 5.97 Å². The summed E-state index contributed by atoms with van der Waals surface area (Å²) >= 11 is 0. The number of hydrogen-bond donors (Lipinski definition) is 1. The monoisotopic (exact) mass is 341 g/mol. The van der Waals surface area contributed by atoms with Crippen molar-refractivity contribution in [2.45, 2.75) is 25.8 Å². The molecule has 8 nitrogen and oxygen atoms in total. The van der Waals surface area contributed by atoms with Crippen molar-refractivity contribution >= 4 is 11.9 Å². The second-order valence-electron chi connectivity index (χ2n) is 5.18. The second kappa shape index (κ2) is 8.31. The van der Waals surface area contributed by atoms with Gasteiger partial charge >= 0.3 is 51.4 Å². The van der Waals surface area contributed by atoms with E-state index in [-0.39, 0.29) is 63.1 Å². The number of anilines is 1. The predicted molar refractivity (Wildman–Crippen MR) is 75.7 cm³/mol. The summed E-state index contributed by atoms with van der Waals surface area (Å²) < 4.78 is 6.87. The Morgan fingerprint density at radius 1 is 1.39 bits per heavy atom. The van der Waals surface area contributed by atoms with Crippen LogP contribution in [-0.4, -0.2) is 44.7 Å². The van der Waals surface area contributed by atoms with Crippen molar-refractivity contribution in [3.63, 3.8) is 0 Å². The zero-order valence-corrected chi connectivity index (χ0v) is 16.3. The molecule has 0 saturated carbocycles. The van der Waals surface area contributed by atoms with Crippen molar-refractivity contribution in [1.82, 2.24) is 19.5 Å². The van der Waals surface area contributed by atoms with Crippen LogP contribution in [-0.2, 0) is 4.74 Å². The Balaban J connectivity index is 0.00000192. The molecule has 2 aromatic rings. The van der Waals surface area contributed by atoms with Crippen molar-refractivity contribution in [3.05, 3.63) is 30.0 Å². The summed E-state index contributed by atoms with van der Waals surface area (Å²) in [7, 11) is 0. The number of carbonyl (C=O) groups excluding carboxylic acids is 1. The second-order valence-corrected chi connectivity index (χ2v) is 5.18. The number of carboxylic acids is 1. The van der Waals surface area contributed by atoms with Crippen LogP contribution < -0.4 is 61.8 Å². The minimum atomic E-state index is -1.31. The Hall–Kier alpha value is -0.844. The van der Waals surface area contributed by atoms with E-state index in [1.54, 1.807) is 10.8 Å². The van der Waals surface area contributed by atoms with Gasteiger partial charge in [-0.25, -0.2) is 9.97 Å². The van der Waals surface area contributed by atoms with E-state index in [0.717, 1.165) is 31.6 Å². The smallest absolute Gasteiger partial charge is 0.543 e. The topological polar surface area (TPSA) is 105 Å². The van der Waals surface area contributed by atoms with Crippen molar-refractivity contribution in [2.24, 2.45) is 0 Å². The number of aromatic nitrogens is 4. The van der Waals surface area contributed by atoms with Crippen molar-refractivity contribution in [1.29, 1.82) is 0 Å². The molecule has 1 aliphatic heterocycles. The van der Waals surface area contributed by atoms with E-state index in [1.807, 2.05) is 6.92 Å². The largest absolute Gasteiger partial charge is 1.00 e. The van der Waals surface area contributed by atoms with Gasteiger partial charge in [-0.05, 0) is 19.8 Å². The van der Waals surface area contributed by atoms with Gasteiger partial charge in [0, 0.05) is 37.2 Å². The maximum absolute atomic E-state index is 10.8. The maximum Gasteiger partial charge on any atom is 1.00 e.